The summed E-state index contributed by atoms with van der Waals surface area (Å²) in [5.74, 6) is 0. The maximum atomic E-state index is 12.0. The lowest BCUT2D eigenvalue weighted by atomic mass is 10.2. The SMILES string of the molecule is CNS(=O)(=O)c1ccccc1NCCN1CCCCCC1. The van der Waals surface area contributed by atoms with Crippen molar-refractivity contribution in [3.8, 4) is 0 Å². The molecule has 0 spiro atoms. The first-order chi connectivity index (χ1) is 10.1. The zero-order chi connectivity index (χ0) is 15.1. The van der Waals surface area contributed by atoms with Crippen molar-refractivity contribution in [2.45, 2.75) is 30.6 Å². The van der Waals surface area contributed by atoms with Crippen LogP contribution in [0.15, 0.2) is 29.2 Å². The van der Waals surface area contributed by atoms with Crippen LogP contribution in [0.5, 0.6) is 0 Å². The molecule has 21 heavy (non-hydrogen) atoms. The molecule has 6 heteroatoms. The number of hydrogen-bond acceptors (Lipinski definition) is 4. The number of anilines is 1. The first-order valence-electron chi connectivity index (χ1n) is 7.62. The molecular formula is C15H25N3O2S. The molecule has 0 aliphatic carbocycles. The number of nitrogens with zero attached hydrogens (tertiary/aromatic N) is 1. The molecule has 1 saturated heterocycles. The first kappa shape index (κ1) is 16.3. The van der Waals surface area contributed by atoms with Gasteiger partial charge in [0.2, 0.25) is 10.0 Å². The van der Waals surface area contributed by atoms with Crippen LogP contribution in [0.2, 0.25) is 0 Å². The molecule has 5 nitrogen and oxygen atoms in total. The standard InChI is InChI=1S/C15H25N3O2S/c1-16-21(19,20)15-9-5-4-8-14(15)17-10-13-18-11-6-2-3-7-12-18/h4-5,8-9,16-17H,2-3,6-7,10-13H2,1H3. The average Bonchev–Trinajstić information content (AvgIpc) is 2.76. The van der Waals surface area contributed by atoms with Crippen LogP contribution in [0.25, 0.3) is 0 Å². The van der Waals surface area contributed by atoms with Crippen molar-refractivity contribution in [2.75, 3.05) is 38.5 Å². The fraction of sp³-hybridized carbons (Fsp3) is 0.600. The molecule has 1 aliphatic rings. The molecule has 2 N–H and O–H groups in total. The Morgan fingerprint density at radius 3 is 2.43 bits per heavy atom. The maximum absolute atomic E-state index is 12.0. The van der Waals surface area contributed by atoms with Gasteiger partial charge in [-0.2, -0.15) is 0 Å². The summed E-state index contributed by atoms with van der Waals surface area (Å²) in [6.07, 6.45) is 5.19. The van der Waals surface area contributed by atoms with Crippen molar-refractivity contribution in [3.63, 3.8) is 0 Å². The third-order valence-corrected chi connectivity index (χ3v) is 5.36. The number of nitrogens with one attached hydrogen (secondary N) is 2. The Morgan fingerprint density at radius 1 is 1.10 bits per heavy atom. The highest BCUT2D eigenvalue weighted by molar-refractivity contribution is 7.89. The Labute approximate surface area is 127 Å². The third kappa shape index (κ3) is 4.69. The smallest absolute Gasteiger partial charge is 0.242 e. The maximum Gasteiger partial charge on any atom is 0.242 e. The van der Waals surface area contributed by atoms with E-state index in [1.54, 1.807) is 12.1 Å². The van der Waals surface area contributed by atoms with Crippen LogP contribution in [0.1, 0.15) is 25.7 Å². The predicted octanol–water partition coefficient (Wildman–Crippen LogP) is 1.88. The molecule has 0 amide bonds. The lowest BCUT2D eigenvalue weighted by molar-refractivity contribution is 0.296. The highest BCUT2D eigenvalue weighted by Crippen LogP contribution is 2.20. The number of para-hydroxylation sites is 1. The van der Waals surface area contributed by atoms with Gasteiger partial charge in [0.25, 0.3) is 0 Å². The summed E-state index contributed by atoms with van der Waals surface area (Å²) in [5, 5.41) is 3.26. The molecule has 1 fully saturated rings. The Bertz CT molecular complexity index is 538. The molecule has 0 radical (unpaired) electrons. The van der Waals surface area contributed by atoms with Gasteiger partial charge >= 0.3 is 0 Å². The lowest BCUT2D eigenvalue weighted by Gasteiger charge is -2.20. The second-order valence-electron chi connectivity index (χ2n) is 5.39. The largest absolute Gasteiger partial charge is 0.383 e. The fourth-order valence-electron chi connectivity index (χ4n) is 2.67. The zero-order valence-electron chi connectivity index (χ0n) is 12.6. The highest BCUT2D eigenvalue weighted by atomic mass is 32.2. The zero-order valence-corrected chi connectivity index (χ0v) is 13.5. The quantitative estimate of drug-likeness (QED) is 0.842. The van der Waals surface area contributed by atoms with E-state index in [1.165, 1.54) is 32.7 Å². The van der Waals surface area contributed by atoms with E-state index in [4.69, 9.17) is 0 Å². The van der Waals surface area contributed by atoms with E-state index in [2.05, 4.69) is 14.9 Å². The molecule has 1 aliphatic heterocycles. The van der Waals surface area contributed by atoms with Crippen molar-refractivity contribution in [2.24, 2.45) is 0 Å². The Kier molecular flexibility index (Phi) is 6.02. The molecule has 118 valence electrons. The molecule has 1 heterocycles. The van der Waals surface area contributed by atoms with E-state index < -0.39 is 10.0 Å². The van der Waals surface area contributed by atoms with Crippen LogP contribution < -0.4 is 10.0 Å². The summed E-state index contributed by atoms with van der Waals surface area (Å²) < 4.78 is 26.3. The third-order valence-electron chi connectivity index (χ3n) is 3.89. The second kappa shape index (κ2) is 7.77. The summed E-state index contributed by atoms with van der Waals surface area (Å²) >= 11 is 0. The van der Waals surface area contributed by atoms with Crippen LogP contribution in [0.3, 0.4) is 0 Å². The van der Waals surface area contributed by atoms with Crippen molar-refractivity contribution >= 4 is 15.7 Å². The van der Waals surface area contributed by atoms with Gasteiger partial charge in [0.05, 0.1) is 5.69 Å². The molecule has 0 bridgehead atoms. The van der Waals surface area contributed by atoms with Gasteiger partial charge in [0.15, 0.2) is 0 Å². The van der Waals surface area contributed by atoms with Crippen molar-refractivity contribution < 1.29 is 8.42 Å². The van der Waals surface area contributed by atoms with Gasteiger partial charge in [-0.25, -0.2) is 13.1 Å². The minimum Gasteiger partial charge on any atom is -0.383 e. The van der Waals surface area contributed by atoms with Gasteiger partial charge in [-0.05, 0) is 45.1 Å². The van der Waals surface area contributed by atoms with Gasteiger partial charge in [-0.1, -0.05) is 25.0 Å². The summed E-state index contributed by atoms with van der Waals surface area (Å²) in [5.41, 5.74) is 0.668. The van der Waals surface area contributed by atoms with Gasteiger partial charge in [-0.15, -0.1) is 0 Å². The van der Waals surface area contributed by atoms with Crippen LogP contribution in [-0.4, -0.2) is 46.5 Å². The number of likely N-dealkylation sites (tertiary alicyclic amines) is 1. The minimum absolute atomic E-state index is 0.309. The molecule has 0 aromatic heterocycles. The molecule has 0 saturated carbocycles. The van der Waals surface area contributed by atoms with E-state index >= 15 is 0 Å². The molecule has 1 aromatic rings. The number of sulfonamides is 1. The molecule has 2 rings (SSSR count). The molecule has 1 aromatic carbocycles. The van der Waals surface area contributed by atoms with E-state index in [0.29, 0.717) is 10.6 Å². The molecule has 0 unspecified atom stereocenters. The van der Waals surface area contributed by atoms with E-state index in [-0.39, 0.29) is 0 Å². The fourth-order valence-corrected chi connectivity index (χ4v) is 3.57. The Morgan fingerprint density at radius 2 is 1.76 bits per heavy atom. The minimum atomic E-state index is -3.42. The van der Waals surface area contributed by atoms with Gasteiger partial charge in [0, 0.05) is 13.1 Å². The molecular weight excluding hydrogens is 286 g/mol. The van der Waals surface area contributed by atoms with Gasteiger partial charge in [0.1, 0.15) is 4.90 Å². The van der Waals surface area contributed by atoms with Crippen molar-refractivity contribution in [1.29, 1.82) is 0 Å². The van der Waals surface area contributed by atoms with E-state index in [9.17, 15) is 8.42 Å². The predicted molar refractivity (Wildman–Crippen MR) is 86.1 cm³/mol. The summed E-state index contributed by atoms with van der Waals surface area (Å²) in [4.78, 5) is 2.76. The Hall–Kier alpha value is -1.11. The van der Waals surface area contributed by atoms with Crippen molar-refractivity contribution in [1.82, 2.24) is 9.62 Å². The average molecular weight is 311 g/mol. The monoisotopic (exact) mass is 311 g/mol. The van der Waals surface area contributed by atoms with Crippen LogP contribution in [0, 0.1) is 0 Å². The van der Waals surface area contributed by atoms with Gasteiger partial charge < -0.3 is 10.2 Å². The first-order valence-corrected chi connectivity index (χ1v) is 9.10. The highest BCUT2D eigenvalue weighted by Gasteiger charge is 2.16. The summed E-state index contributed by atoms with van der Waals surface area (Å²) in [7, 11) is -1.98. The van der Waals surface area contributed by atoms with Crippen LogP contribution in [-0.2, 0) is 10.0 Å². The Balaban J connectivity index is 1.94. The summed E-state index contributed by atoms with van der Waals surface area (Å²) in [6.45, 7) is 4.01. The van der Waals surface area contributed by atoms with Gasteiger partial charge in [-0.3, -0.25) is 0 Å². The van der Waals surface area contributed by atoms with Crippen molar-refractivity contribution in [3.05, 3.63) is 24.3 Å². The van der Waals surface area contributed by atoms with E-state index in [1.807, 2.05) is 12.1 Å². The van der Waals surface area contributed by atoms with Crippen LogP contribution >= 0.6 is 0 Å². The number of hydrogen-bond donors (Lipinski definition) is 2. The topological polar surface area (TPSA) is 61.4 Å². The normalized spacial score (nSPS) is 17.4. The van der Waals surface area contributed by atoms with Crippen LogP contribution in [0.4, 0.5) is 5.69 Å². The number of benzene rings is 1. The summed E-state index contributed by atoms with van der Waals surface area (Å²) in [6, 6.07) is 7.03. The number of rotatable bonds is 6. The second-order valence-corrected chi connectivity index (χ2v) is 7.24. The lowest BCUT2D eigenvalue weighted by Crippen LogP contribution is -2.30. The van der Waals surface area contributed by atoms with E-state index in [0.717, 1.165) is 26.2 Å². The molecule has 0 atom stereocenters.